The van der Waals surface area contributed by atoms with Crippen molar-refractivity contribution in [3.05, 3.63) is 68.9 Å². The van der Waals surface area contributed by atoms with Gasteiger partial charge in [0, 0.05) is 12.3 Å². The van der Waals surface area contributed by atoms with Gasteiger partial charge in [0.15, 0.2) is 5.65 Å². The molecule has 0 unspecified atom stereocenters. The monoisotopic (exact) mass is 364 g/mol. The predicted molar refractivity (Wildman–Crippen MR) is 102 cm³/mol. The highest BCUT2D eigenvalue weighted by Gasteiger charge is 2.19. The summed E-state index contributed by atoms with van der Waals surface area (Å²) < 4.78 is 4.68. The Labute approximate surface area is 154 Å². The third kappa shape index (κ3) is 2.92. The maximum atomic E-state index is 12.8. The van der Waals surface area contributed by atoms with Gasteiger partial charge in [0.25, 0.3) is 11.1 Å². The number of nitrogens with zero attached hydrogens (tertiary/aromatic N) is 6. The molecule has 0 aliphatic carbocycles. The summed E-state index contributed by atoms with van der Waals surface area (Å²) in [7, 11) is 0. The van der Waals surface area contributed by atoms with Crippen LogP contribution < -0.4 is 11.1 Å². The maximum Gasteiger partial charge on any atom is 0.264 e. The molecule has 0 atom stereocenters. The number of hydrogen-bond acceptors (Lipinski definition) is 5. The first-order chi connectivity index (χ1) is 12.7. The summed E-state index contributed by atoms with van der Waals surface area (Å²) in [5.41, 5.74) is 1.91. The average Bonchev–Trinajstić information content (AvgIpc) is 3.03. The van der Waals surface area contributed by atoms with E-state index in [2.05, 4.69) is 15.1 Å². The van der Waals surface area contributed by atoms with Crippen LogP contribution in [-0.2, 0) is 12.1 Å². The van der Waals surface area contributed by atoms with E-state index < -0.39 is 0 Å². The van der Waals surface area contributed by atoms with E-state index in [4.69, 9.17) is 0 Å². The maximum absolute atomic E-state index is 12.8. The second-order valence-corrected chi connectivity index (χ2v) is 7.66. The second-order valence-electron chi connectivity index (χ2n) is 7.66. The molecule has 0 amide bonds. The van der Waals surface area contributed by atoms with Crippen LogP contribution in [0.5, 0.6) is 0 Å². The van der Waals surface area contributed by atoms with Crippen molar-refractivity contribution < 1.29 is 0 Å². The van der Waals surface area contributed by atoms with Crippen LogP contribution >= 0.6 is 0 Å². The third-order valence-corrected chi connectivity index (χ3v) is 4.38. The lowest BCUT2D eigenvalue weighted by atomic mass is 10.1. The van der Waals surface area contributed by atoms with Crippen molar-refractivity contribution in [3.63, 3.8) is 0 Å². The molecule has 0 aliphatic rings. The summed E-state index contributed by atoms with van der Waals surface area (Å²) >= 11 is 0. The SMILES string of the molecule is Cc1ccc2nc(Cn3cnc4c(cnn4C(C)(C)C)c3=O)cc(=O)n2c1. The zero-order chi connectivity index (χ0) is 19.3. The molecule has 0 radical (unpaired) electrons. The summed E-state index contributed by atoms with van der Waals surface area (Å²) in [4.78, 5) is 34.1. The van der Waals surface area contributed by atoms with Crippen molar-refractivity contribution in [2.24, 2.45) is 0 Å². The lowest BCUT2D eigenvalue weighted by molar-refractivity contribution is 0.365. The molecule has 0 saturated carbocycles. The second kappa shape index (κ2) is 5.87. The van der Waals surface area contributed by atoms with Gasteiger partial charge in [-0.1, -0.05) is 6.07 Å². The quantitative estimate of drug-likeness (QED) is 0.540. The molecule has 4 heterocycles. The topological polar surface area (TPSA) is 87.1 Å². The number of fused-ring (bicyclic) bond motifs is 2. The van der Waals surface area contributed by atoms with Gasteiger partial charge >= 0.3 is 0 Å². The minimum atomic E-state index is -0.278. The highest BCUT2D eigenvalue weighted by Crippen LogP contribution is 2.17. The summed E-state index contributed by atoms with van der Waals surface area (Å²) in [6, 6.07) is 5.13. The van der Waals surface area contributed by atoms with E-state index in [1.54, 1.807) is 16.9 Å². The molecule has 27 heavy (non-hydrogen) atoms. The minimum Gasteiger partial charge on any atom is -0.292 e. The molecule has 0 bridgehead atoms. The molecule has 0 fully saturated rings. The number of aryl methyl sites for hydroxylation is 1. The number of hydrogen-bond donors (Lipinski definition) is 0. The minimum absolute atomic E-state index is 0.169. The molecule has 0 N–H and O–H groups in total. The highest BCUT2D eigenvalue weighted by atomic mass is 16.1. The molecule has 0 spiro atoms. The van der Waals surface area contributed by atoms with Crippen LogP contribution in [0.4, 0.5) is 0 Å². The fourth-order valence-electron chi connectivity index (χ4n) is 3.07. The first kappa shape index (κ1) is 17.1. The normalized spacial score (nSPS) is 12.1. The van der Waals surface area contributed by atoms with Crippen molar-refractivity contribution in [1.82, 2.24) is 28.7 Å². The Morgan fingerprint density at radius 2 is 1.93 bits per heavy atom. The molecule has 4 aromatic rings. The highest BCUT2D eigenvalue weighted by molar-refractivity contribution is 5.73. The van der Waals surface area contributed by atoms with Gasteiger partial charge in [-0.2, -0.15) is 5.10 Å². The van der Waals surface area contributed by atoms with E-state index in [-0.39, 0.29) is 23.2 Å². The van der Waals surface area contributed by atoms with Crippen molar-refractivity contribution in [2.75, 3.05) is 0 Å². The van der Waals surface area contributed by atoms with Crippen molar-refractivity contribution in [2.45, 2.75) is 39.8 Å². The van der Waals surface area contributed by atoms with E-state index in [0.29, 0.717) is 22.4 Å². The van der Waals surface area contributed by atoms with Crippen LogP contribution in [0.1, 0.15) is 32.0 Å². The summed E-state index contributed by atoms with van der Waals surface area (Å²) in [6.07, 6.45) is 4.76. The third-order valence-electron chi connectivity index (χ3n) is 4.38. The van der Waals surface area contributed by atoms with Gasteiger partial charge in [-0.15, -0.1) is 0 Å². The fraction of sp³-hybridized carbons (Fsp3) is 0.316. The van der Waals surface area contributed by atoms with E-state index in [1.807, 2.05) is 33.8 Å². The zero-order valence-corrected chi connectivity index (χ0v) is 15.7. The van der Waals surface area contributed by atoms with Gasteiger partial charge in [-0.05, 0) is 39.3 Å². The van der Waals surface area contributed by atoms with Crippen LogP contribution in [0.2, 0.25) is 0 Å². The molecule has 8 nitrogen and oxygen atoms in total. The smallest absolute Gasteiger partial charge is 0.264 e. The Kier molecular flexibility index (Phi) is 3.73. The van der Waals surface area contributed by atoms with Crippen LogP contribution in [0, 0.1) is 6.92 Å². The van der Waals surface area contributed by atoms with Crippen LogP contribution in [-0.4, -0.2) is 28.7 Å². The first-order valence-electron chi connectivity index (χ1n) is 8.67. The Bertz CT molecular complexity index is 1290. The average molecular weight is 364 g/mol. The molecule has 8 heteroatoms. The zero-order valence-electron chi connectivity index (χ0n) is 15.7. The standard InChI is InChI=1S/C19H20N6O2/c1-12-5-6-15-22-13(7-16(26)24(15)9-12)10-23-11-20-17-14(18(23)27)8-21-25(17)19(2,3)4/h5-9,11H,10H2,1-4H3. The number of aromatic nitrogens is 6. The van der Waals surface area contributed by atoms with Gasteiger partial charge < -0.3 is 0 Å². The molecule has 0 saturated heterocycles. The molecule has 0 aromatic carbocycles. The molecule has 4 aromatic heterocycles. The van der Waals surface area contributed by atoms with E-state index >= 15 is 0 Å². The predicted octanol–water partition coefficient (Wildman–Crippen LogP) is 1.71. The van der Waals surface area contributed by atoms with Crippen molar-refractivity contribution >= 4 is 16.7 Å². The Balaban J connectivity index is 1.79. The van der Waals surface area contributed by atoms with Gasteiger partial charge in [0.05, 0.1) is 24.0 Å². The van der Waals surface area contributed by atoms with Crippen LogP contribution in [0.15, 0.2) is 46.5 Å². The number of rotatable bonds is 2. The molecule has 0 aliphatic heterocycles. The van der Waals surface area contributed by atoms with Crippen LogP contribution in [0.25, 0.3) is 16.7 Å². The molecule has 138 valence electrons. The van der Waals surface area contributed by atoms with E-state index in [0.717, 1.165) is 5.56 Å². The van der Waals surface area contributed by atoms with Gasteiger partial charge in [-0.25, -0.2) is 14.6 Å². The fourth-order valence-corrected chi connectivity index (χ4v) is 3.07. The van der Waals surface area contributed by atoms with E-state index in [9.17, 15) is 9.59 Å². The Morgan fingerprint density at radius 3 is 2.67 bits per heavy atom. The largest absolute Gasteiger partial charge is 0.292 e. The Morgan fingerprint density at radius 1 is 1.15 bits per heavy atom. The summed E-state index contributed by atoms with van der Waals surface area (Å²) in [5, 5.41) is 4.76. The molecular weight excluding hydrogens is 344 g/mol. The lowest BCUT2D eigenvalue weighted by Crippen LogP contribution is -2.26. The van der Waals surface area contributed by atoms with Gasteiger partial charge in [0.2, 0.25) is 0 Å². The van der Waals surface area contributed by atoms with Crippen molar-refractivity contribution in [1.29, 1.82) is 0 Å². The lowest BCUT2D eigenvalue weighted by Gasteiger charge is -2.19. The van der Waals surface area contributed by atoms with Gasteiger partial charge in [-0.3, -0.25) is 18.6 Å². The summed E-state index contributed by atoms with van der Waals surface area (Å²) in [5.74, 6) is 0. The van der Waals surface area contributed by atoms with Crippen molar-refractivity contribution in [3.8, 4) is 0 Å². The summed E-state index contributed by atoms with van der Waals surface area (Å²) in [6.45, 7) is 8.09. The Hall–Kier alpha value is -3.29. The molecular formula is C19H20N6O2. The van der Waals surface area contributed by atoms with Gasteiger partial charge in [0.1, 0.15) is 17.4 Å². The van der Waals surface area contributed by atoms with Crippen LogP contribution in [0.3, 0.4) is 0 Å². The van der Waals surface area contributed by atoms with E-state index in [1.165, 1.54) is 27.6 Å². The first-order valence-corrected chi connectivity index (χ1v) is 8.67. The number of pyridine rings is 1. The molecule has 4 rings (SSSR count).